The fourth-order valence-corrected chi connectivity index (χ4v) is 3.84. The molecule has 2 aromatic rings. The van der Waals surface area contributed by atoms with Gasteiger partial charge in [-0.2, -0.15) is 0 Å². The Labute approximate surface area is 173 Å². The highest BCUT2D eigenvalue weighted by atomic mass is 16.5. The molecule has 0 N–H and O–H groups in total. The number of amides is 1. The van der Waals surface area contributed by atoms with Gasteiger partial charge in [0.05, 0.1) is 0 Å². The number of nitrogens with zero attached hydrogens (tertiary/aromatic N) is 2. The van der Waals surface area contributed by atoms with E-state index in [-0.39, 0.29) is 18.3 Å². The van der Waals surface area contributed by atoms with Crippen LogP contribution in [0.25, 0.3) is 0 Å². The first-order chi connectivity index (χ1) is 13.9. The summed E-state index contributed by atoms with van der Waals surface area (Å²) in [5, 5.41) is 0. The number of rotatable bonds is 8. The van der Waals surface area contributed by atoms with E-state index in [0.717, 1.165) is 55.8 Å². The average Bonchev–Trinajstić information content (AvgIpc) is 3.33. The number of ketones is 1. The summed E-state index contributed by atoms with van der Waals surface area (Å²) in [4.78, 5) is 27.0. The van der Waals surface area contributed by atoms with Crippen LogP contribution in [-0.4, -0.2) is 40.9 Å². The second-order valence-corrected chi connectivity index (χ2v) is 8.35. The molecular weight excluding hydrogens is 364 g/mol. The predicted molar refractivity (Wildman–Crippen MR) is 115 cm³/mol. The number of hydrogen-bond donors (Lipinski definition) is 0. The molecule has 1 amide bonds. The van der Waals surface area contributed by atoms with Crippen LogP contribution in [0.2, 0.25) is 0 Å². The lowest BCUT2D eigenvalue weighted by Crippen LogP contribution is -2.27. The summed E-state index contributed by atoms with van der Waals surface area (Å²) in [5.74, 6) is 1.27. The maximum atomic E-state index is 12.7. The lowest BCUT2D eigenvalue weighted by atomic mass is 10.1. The molecule has 1 saturated heterocycles. The van der Waals surface area contributed by atoms with Gasteiger partial charge in [-0.1, -0.05) is 13.8 Å². The van der Waals surface area contributed by atoms with Crippen molar-refractivity contribution in [1.82, 2.24) is 9.47 Å². The highest BCUT2D eigenvalue weighted by Gasteiger charge is 2.20. The van der Waals surface area contributed by atoms with Gasteiger partial charge in [0.25, 0.3) is 5.91 Å². The summed E-state index contributed by atoms with van der Waals surface area (Å²) < 4.78 is 7.92. The van der Waals surface area contributed by atoms with Crippen molar-refractivity contribution in [3.8, 4) is 5.75 Å². The molecule has 0 atom stereocenters. The largest absolute Gasteiger partial charge is 0.485 e. The summed E-state index contributed by atoms with van der Waals surface area (Å²) in [7, 11) is 0. The number of benzene rings is 1. The third kappa shape index (κ3) is 5.08. The van der Waals surface area contributed by atoms with E-state index in [4.69, 9.17) is 4.74 Å². The first-order valence-corrected chi connectivity index (χ1v) is 10.6. The lowest BCUT2D eigenvalue weighted by molar-refractivity contribution is 0.0792. The van der Waals surface area contributed by atoms with Crippen molar-refractivity contribution in [3.05, 3.63) is 52.8 Å². The summed E-state index contributed by atoms with van der Waals surface area (Å²) in [6.45, 7) is 11.0. The van der Waals surface area contributed by atoms with Gasteiger partial charge in [-0.05, 0) is 69.4 Å². The van der Waals surface area contributed by atoms with Crippen molar-refractivity contribution in [2.24, 2.45) is 5.92 Å². The van der Waals surface area contributed by atoms with Crippen LogP contribution in [0, 0.1) is 19.8 Å². The van der Waals surface area contributed by atoms with Crippen LogP contribution in [0.4, 0.5) is 0 Å². The molecule has 0 radical (unpaired) electrons. The Kier molecular flexibility index (Phi) is 6.78. The lowest BCUT2D eigenvalue weighted by Gasteiger charge is -2.15. The Bertz CT molecular complexity index is 859. The van der Waals surface area contributed by atoms with Crippen molar-refractivity contribution in [1.29, 1.82) is 0 Å². The van der Waals surface area contributed by atoms with E-state index in [1.165, 1.54) is 0 Å². The Morgan fingerprint density at radius 2 is 1.72 bits per heavy atom. The van der Waals surface area contributed by atoms with E-state index in [9.17, 15) is 9.59 Å². The molecule has 3 rings (SSSR count). The minimum absolute atomic E-state index is 0.00606. The van der Waals surface area contributed by atoms with Crippen molar-refractivity contribution >= 4 is 11.7 Å². The second kappa shape index (κ2) is 9.29. The Morgan fingerprint density at radius 1 is 1.07 bits per heavy atom. The number of carbonyl (C=O) groups is 2. The second-order valence-electron chi connectivity index (χ2n) is 8.35. The van der Waals surface area contributed by atoms with Crippen LogP contribution in [0.1, 0.15) is 65.2 Å². The fraction of sp³-hybridized carbons (Fsp3) is 0.500. The first-order valence-electron chi connectivity index (χ1n) is 10.6. The molecule has 2 heterocycles. The van der Waals surface area contributed by atoms with Gasteiger partial charge in [0, 0.05) is 42.1 Å². The number of ether oxygens (including phenoxy) is 1. The van der Waals surface area contributed by atoms with E-state index in [1.807, 2.05) is 24.8 Å². The van der Waals surface area contributed by atoms with Gasteiger partial charge < -0.3 is 14.2 Å². The maximum Gasteiger partial charge on any atom is 0.253 e. The van der Waals surface area contributed by atoms with Gasteiger partial charge in [0.1, 0.15) is 5.75 Å². The minimum Gasteiger partial charge on any atom is -0.485 e. The van der Waals surface area contributed by atoms with E-state index in [0.29, 0.717) is 17.2 Å². The minimum atomic E-state index is -0.0221. The molecule has 1 aromatic carbocycles. The van der Waals surface area contributed by atoms with Crippen LogP contribution < -0.4 is 4.74 Å². The average molecular weight is 397 g/mol. The summed E-state index contributed by atoms with van der Waals surface area (Å²) >= 11 is 0. The van der Waals surface area contributed by atoms with Crippen molar-refractivity contribution in [2.75, 3.05) is 19.7 Å². The van der Waals surface area contributed by atoms with Crippen LogP contribution in [0.5, 0.6) is 5.75 Å². The van der Waals surface area contributed by atoms with Crippen LogP contribution in [0.3, 0.4) is 0 Å². The van der Waals surface area contributed by atoms with Gasteiger partial charge in [-0.3, -0.25) is 9.59 Å². The van der Waals surface area contributed by atoms with Crippen LogP contribution in [0.15, 0.2) is 30.3 Å². The third-order valence-corrected chi connectivity index (χ3v) is 5.67. The summed E-state index contributed by atoms with van der Waals surface area (Å²) in [5.41, 5.74) is 3.51. The highest BCUT2D eigenvalue weighted by Crippen LogP contribution is 2.20. The quantitative estimate of drug-likeness (QED) is 0.611. The fourth-order valence-electron chi connectivity index (χ4n) is 3.84. The number of hydrogen-bond acceptors (Lipinski definition) is 3. The number of carbonyl (C=O) groups excluding carboxylic acids is 2. The molecule has 1 aromatic heterocycles. The number of aryl methyl sites for hydroxylation is 1. The van der Waals surface area contributed by atoms with Gasteiger partial charge in [-0.15, -0.1) is 0 Å². The van der Waals surface area contributed by atoms with Crippen LogP contribution >= 0.6 is 0 Å². The van der Waals surface area contributed by atoms with Crippen molar-refractivity contribution in [2.45, 2.75) is 53.5 Å². The molecule has 29 heavy (non-hydrogen) atoms. The standard InChI is InChI=1S/C24H32N2O3/c1-17(2)11-14-26-18(3)15-22(19(26)4)23(27)16-29-21-9-7-20(8-10-21)24(28)25-12-5-6-13-25/h7-10,15,17H,5-6,11-14,16H2,1-4H3. The molecule has 0 bridgehead atoms. The molecule has 0 aliphatic carbocycles. The first kappa shape index (κ1) is 21.2. The van der Waals surface area contributed by atoms with Crippen molar-refractivity contribution < 1.29 is 14.3 Å². The molecule has 5 nitrogen and oxygen atoms in total. The van der Waals surface area contributed by atoms with E-state index >= 15 is 0 Å². The molecule has 0 saturated carbocycles. The zero-order valence-electron chi connectivity index (χ0n) is 18.0. The van der Waals surface area contributed by atoms with Crippen molar-refractivity contribution in [3.63, 3.8) is 0 Å². The zero-order valence-corrected chi connectivity index (χ0v) is 18.0. The number of likely N-dealkylation sites (tertiary alicyclic amines) is 1. The molecule has 1 fully saturated rings. The number of Topliss-reactive ketones (excluding diaryl/α,β-unsaturated/α-hetero) is 1. The van der Waals surface area contributed by atoms with E-state index in [2.05, 4.69) is 18.4 Å². The zero-order chi connectivity index (χ0) is 21.0. The monoisotopic (exact) mass is 396 g/mol. The summed E-state index contributed by atoms with van der Waals surface area (Å²) in [6.07, 6.45) is 3.24. The van der Waals surface area contributed by atoms with E-state index < -0.39 is 0 Å². The SMILES string of the molecule is Cc1cc(C(=O)COc2ccc(C(=O)N3CCCC3)cc2)c(C)n1CCC(C)C. The van der Waals surface area contributed by atoms with E-state index in [1.54, 1.807) is 24.3 Å². The molecule has 5 heteroatoms. The van der Waals surface area contributed by atoms with Gasteiger partial charge in [0.2, 0.25) is 5.78 Å². The topological polar surface area (TPSA) is 51.5 Å². The normalized spacial score (nSPS) is 13.9. The summed E-state index contributed by atoms with van der Waals surface area (Å²) in [6, 6.07) is 9.04. The van der Waals surface area contributed by atoms with Gasteiger partial charge >= 0.3 is 0 Å². The maximum absolute atomic E-state index is 12.7. The van der Waals surface area contributed by atoms with Gasteiger partial charge in [-0.25, -0.2) is 0 Å². The molecule has 156 valence electrons. The molecule has 1 aliphatic heterocycles. The Hall–Kier alpha value is -2.56. The smallest absolute Gasteiger partial charge is 0.253 e. The third-order valence-electron chi connectivity index (χ3n) is 5.67. The Balaban J connectivity index is 1.59. The van der Waals surface area contributed by atoms with Crippen LogP contribution in [-0.2, 0) is 6.54 Å². The molecular formula is C24H32N2O3. The molecule has 1 aliphatic rings. The number of aromatic nitrogens is 1. The predicted octanol–water partition coefficient (Wildman–Crippen LogP) is 4.65. The highest BCUT2D eigenvalue weighted by molar-refractivity contribution is 5.98. The van der Waals surface area contributed by atoms with Gasteiger partial charge in [0.15, 0.2) is 6.61 Å². The Morgan fingerprint density at radius 3 is 2.34 bits per heavy atom. The molecule has 0 spiro atoms. The molecule has 0 unspecified atom stereocenters.